The number of anilines is 1. The zero-order valence-electron chi connectivity index (χ0n) is 13.2. The van der Waals surface area contributed by atoms with Gasteiger partial charge in [0.05, 0.1) is 12.4 Å². The second-order valence-electron chi connectivity index (χ2n) is 5.67. The monoisotopic (exact) mass is 352 g/mol. The Morgan fingerprint density at radius 3 is 2.87 bits per heavy atom. The standard InChI is InChI=1S/C15H21ClN6S/c1-23-15-21-20-14(22(15)11-5-2-3-6-11)7-4-8-18-13-10-17-9-12(16)19-13/h9-11H,2-8H2,1H3,(H,18,19). The van der Waals surface area contributed by atoms with Gasteiger partial charge in [-0.25, -0.2) is 4.98 Å². The van der Waals surface area contributed by atoms with Gasteiger partial charge in [0.2, 0.25) is 0 Å². The van der Waals surface area contributed by atoms with Gasteiger partial charge in [-0.3, -0.25) is 4.98 Å². The van der Waals surface area contributed by atoms with Crippen LogP contribution in [0.4, 0.5) is 5.82 Å². The van der Waals surface area contributed by atoms with Crippen LogP contribution in [0.25, 0.3) is 0 Å². The van der Waals surface area contributed by atoms with Gasteiger partial charge < -0.3 is 9.88 Å². The Balaban J connectivity index is 1.56. The number of nitrogens with zero attached hydrogens (tertiary/aromatic N) is 5. The molecule has 124 valence electrons. The lowest BCUT2D eigenvalue weighted by Crippen LogP contribution is -2.12. The zero-order valence-corrected chi connectivity index (χ0v) is 14.8. The van der Waals surface area contributed by atoms with Gasteiger partial charge in [0, 0.05) is 19.0 Å². The summed E-state index contributed by atoms with van der Waals surface area (Å²) in [5.41, 5.74) is 0. The Hall–Kier alpha value is -1.34. The van der Waals surface area contributed by atoms with Crippen molar-refractivity contribution in [3.8, 4) is 0 Å². The number of thioether (sulfide) groups is 1. The van der Waals surface area contributed by atoms with E-state index in [0.717, 1.165) is 30.4 Å². The molecule has 1 saturated carbocycles. The van der Waals surface area contributed by atoms with E-state index in [4.69, 9.17) is 11.6 Å². The number of rotatable bonds is 7. The Labute approximate surface area is 145 Å². The molecule has 0 spiro atoms. The molecular weight excluding hydrogens is 332 g/mol. The molecule has 1 fully saturated rings. The van der Waals surface area contributed by atoms with Crippen molar-refractivity contribution in [3.63, 3.8) is 0 Å². The molecule has 6 nitrogen and oxygen atoms in total. The molecule has 0 radical (unpaired) electrons. The van der Waals surface area contributed by atoms with Crippen LogP contribution >= 0.6 is 23.4 Å². The van der Waals surface area contributed by atoms with Crippen LogP contribution in [0.15, 0.2) is 17.6 Å². The lowest BCUT2D eigenvalue weighted by Gasteiger charge is -2.16. The van der Waals surface area contributed by atoms with Crippen molar-refractivity contribution in [2.24, 2.45) is 0 Å². The van der Waals surface area contributed by atoms with Gasteiger partial charge in [-0.15, -0.1) is 10.2 Å². The molecule has 2 aromatic heterocycles. The summed E-state index contributed by atoms with van der Waals surface area (Å²) in [4.78, 5) is 8.19. The second kappa shape index (κ2) is 7.97. The average molecular weight is 353 g/mol. The fraction of sp³-hybridized carbons (Fsp3) is 0.600. The SMILES string of the molecule is CSc1nnc(CCCNc2cncc(Cl)n2)n1C1CCCC1. The first kappa shape index (κ1) is 16.5. The Kier molecular flexibility index (Phi) is 5.72. The van der Waals surface area contributed by atoms with E-state index in [9.17, 15) is 0 Å². The van der Waals surface area contributed by atoms with Crippen molar-refractivity contribution in [1.29, 1.82) is 0 Å². The van der Waals surface area contributed by atoms with Gasteiger partial charge in [0.1, 0.15) is 16.8 Å². The van der Waals surface area contributed by atoms with Gasteiger partial charge in [0.25, 0.3) is 0 Å². The predicted octanol–water partition coefficient (Wildman–Crippen LogP) is 3.60. The van der Waals surface area contributed by atoms with Gasteiger partial charge in [0.15, 0.2) is 5.16 Å². The van der Waals surface area contributed by atoms with Crippen LogP contribution in [-0.4, -0.2) is 37.5 Å². The Morgan fingerprint density at radius 1 is 1.30 bits per heavy atom. The Morgan fingerprint density at radius 2 is 2.13 bits per heavy atom. The lowest BCUT2D eigenvalue weighted by molar-refractivity contribution is 0.461. The van der Waals surface area contributed by atoms with Crippen molar-refractivity contribution in [3.05, 3.63) is 23.4 Å². The molecule has 0 unspecified atom stereocenters. The van der Waals surface area contributed by atoms with Crippen molar-refractivity contribution in [2.75, 3.05) is 18.1 Å². The van der Waals surface area contributed by atoms with Crippen LogP contribution < -0.4 is 5.32 Å². The molecule has 8 heteroatoms. The van der Waals surface area contributed by atoms with E-state index >= 15 is 0 Å². The van der Waals surface area contributed by atoms with Crippen molar-refractivity contribution < 1.29 is 0 Å². The van der Waals surface area contributed by atoms with Crippen LogP contribution in [0.3, 0.4) is 0 Å². The summed E-state index contributed by atoms with van der Waals surface area (Å²) in [5.74, 6) is 1.81. The summed E-state index contributed by atoms with van der Waals surface area (Å²) in [6.07, 6.45) is 12.3. The van der Waals surface area contributed by atoms with E-state index < -0.39 is 0 Å². The molecule has 1 N–H and O–H groups in total. The summed E-state index contributed by atoms with van der Waals surface area (Å²) in [6.45, 7) is 0.807. The van der Waals surface area contributed by atoms with Gasteiger partial charge in [-0.1, -0.05) is 36.2 Å². The number of hydrogen-bond acceptors (Lipinski definition) is 6. The maximum atomic E-state index is 5.83. The third kappa shape index (κ3) is 4.14. The summed E-state index contributed by atoms with van der Waals surface area (Å²) >= 11 is 7.51. The maximum absolute atomic E-state index is 5.83. The average Bonchev–Trinajstić information content (AvgIpc) is 3.20. The molecule has 0 aromatic carbocycles. The molecule has 1 aliphatic rings. The highest BCUT2D eigenvalue weighted by atomic mass is 35.5. The van der Waals surface area contributed by atoms with E-state index in [2.05, 4.69) is 36.3 Å². The molecule has 1 aliphatic carbocycles. The molecule has 2 heterocycles. The molecular formula is C15H21ClN6S. The first-order valence-electron chi connectivity index (χ1n) is 7.97. The number of hydrogen-bond donors (Lipinski definition) is 1. The van der Waals surface area contributed by atoms with Crippen LogP contribution in [-0.2, 0) is 6.42 Å². The first-order valence-corrected chi connectivity index (χ1v) is 9.57. The minimum absolute atomic E-state index is 0.403. The molecule has 0 saturated heterocycles. The van der Waals surface area contributed by atoms with Crippen LogP contribution in [0.2, 0.25) is 5.15 Å². The zero-order chi connectivity index (χ0) is 16.1. The predicted molar refractivity (Wildman–Crippen MR) is 93.2 cm³/mol. The molecule has 2 aromatic rings. The Bertz CT molecular complexity index is 641. The van der Waals surface area contributed by atoms with Gasteiger partial charge in [-0.2, -0.15) is 0 Å². The van der Waals surface area contributed by atoms with Gasteiger partial charge in [-0.05, 0) is 25.5 Å². The number of aromatic nitrogens is 5. The third-order valence-corrected chi connectivity index (χ3v) is 4.92. The van der Waals surface area contributed by atoms with Crippen molar-refractivity contribution in [2.45, 2.75) is 49.7 Å². The first-order chi connectivity index (χ1) is 11.3. The van der Waals surface area contributed by atoms with Crippen LogP contribution in [0.5, 0.6) is 0 Å². The summed E-state index contributed by atoms with van der Waals surface area (Å²) in [6, 6.07) is 0.578. The topological polar surface area (TPSA) is 68.5 Å². The highest BCUT2D eigenvalue weighted by Crippen LogP contribution is 2.33. The molecule has 0 aliphatic heterocycles. The quantitative estimate of drug-likeness (QED) is 0.606. The third-order valence-electron chi connectivity index (χ3n) is 4.10. The lowest BCUT2D eigenvalue weighted by atomic mass is 10.2. The summed E-state index contributed by atoms with van der Waals surface area (Å²) in [7, 11) is 0. The minimum Gasteiger partial charge on any atom is -0.369 e. The number of aryl methyl sites for hydroxylation is 1. The van der Waals surface area contributed by atoms with E-state index in [0.29, 0.717) is 17.0 Å². The van der Waals surface area contributed by atoms with Gasteiger partial charge >= 0.3 is 0 Å². The maximum Gasteiger partial charge on any atom is 0.191 e. The largest absolute Gasteiger partial charge is 0.369 e. The fourth-order valence-corrected chi connectivity index (χ4v) is 3.76. The van der Waals surface area contributed by atoms with Crippen LogP contribution in [0.1, 0.15) is 44.0 Å². The highest BCUT2D eigenvalue weighted by Gasteiger charge is 2.23. The van der Waals surface area contributed by atoms with E-state index in [-0.39, 0.29) is 0 Å². The normalized spacial score (nSPS) is 15.2. The fourth-order valence-electron chi connectivity index (χ4n) is 3.04. The second-order valence-corrected chi connectivity index (χ2v) is 6.83. The van der Waals surface area contributed by atoms with Crippen molar-refractivity contribution in [1.82, 2.24) is 24.7 Å². The minimum atomic E-state index is 0.403. The molecule has 23 heavy (non-hydrogen) atoms. The summed E-state index contributed by atoms with van der Waals surface area (Å²) < 4.78 is 2.36. The van der Waals surface area contributed by atoms with E-state index in [1.54, 1.807) is 18.0 Å². The molecule has 0 atom stereocenters. The molecule has 0 amide bonds. The number of nitrogens with one attached hydrogen (secondary N) is 1. The van der Waals surface area contributed by atoms with E-state index in [1.807, 2.05) is 0 Å². The molecule has 0 bridgehead atoms. The van der Waals surface area contributed by atoms with Crippen molar-refractivity contribution >= 4 is 29.2 Å². The molecule has 3 rings (SSSR count). The highest BCUT2D eigenvalue weighted by molar-refractivity contribution is 7.98. The van der Waals surface area contributed by atoms with E-state index in [1.165, 1.54) is 31.9 Å². The van der Waals surface area contributed by atoms with Crippen LogP contribution in [0, 0.1) is 0 Å². The summed E-state index contributed by atoms with van der Waals surface area (Å²) in [5, 5.41) is 13.4. The smallest absolute Gasteiger partial charge is 0.191 e. The number of halogens is 1.